The van der Waals surface area contributed by atoms with Crippen LogP contribution in [0.1, 0.15) is 32.6 Å². The van der Waals surface area contributed by atoms with E-state index in [1.165, 1.54) is 14.0 Å². The van der Waals surface area contributed by atoms with Crippen molar-refractivity contribution in [2.45, 2.75) is 32.6 Å². The quantitative estimate of drug-likeness (QED) is 0.589. The highest BCUT2D eigenvalue weighted by atomic mass is 16.5. The number of ether oxygens (including phenoxy) is 1. The van der Waals surface area contributed by atoms with Gasteiger partial charge in [0.2, 0.25) is 11.8 Å². The summed E-state index contributed by atoms with van der Waals surface area (Å²) < 4.78 is 4.54. The summed E-state index contributed by atoms with van der Waals surface area (Å²) in [5.41, 5.74) is 0.426. The number of anilines is 2. The van der Waals surface area contributed by atoms with Crippen molar-refractivity contribution in [2.24, 2.45) is 0 Å². The van der Waals surface area contributed by atoms with E-state index in [4.69, 9.17) is 0 Å². The third kappa shape index (κ3) is 5.83. The molecule has 2 aromatic heterocycles. The normalized spacial score (nSPS) is 10.3. The number of aromatic nitrogens is 2. The molecule has 0 fully saturated rings. The molecule has 0 radical (unpaired) electrons. The minimum Gasteiger partial charge on any atom is -0.469 e. The Hall–Kier alpha value is -3.03. The molecule has 2 heterocycles. The summed E-state index contributed by atoms with van der Waals surface area (Å²) in [5.74, 6) is 0.104. The zero-order valence-corrected chi connectivity index (χ0v) is 14.2. The minimum absolute atomic E-state index is 0.185. The molecular weight excluding hydrogens is 324 g/mol. The molecule has 0 saturated carbocycles. The van der Waals surface area contributed by atoms with E-state index in [0.717, 1.165) is 5.39 Å². The van der Waals surface area contributed by atoms with Crippen molar-refractivity contribution in [2.75, 3.05) is 17.7 Å². The van der Waals surface area contributed by atoms with Gasteiger partial charge in [-0.2, -0.15) is 0 Å². The number of amides is 2. The van der Waals surface area contributed by atoms with Crippen molar-refractivity contribution in [1.82, 2.24) is 9.97 Å². The van der Waals surface area contributed by atoms with Gasteiger partial charge in [0.05, 0.1) is 7.11 Å². The fourth-order valence-corrected chi connectivity index (χ4v) is 2.18. The van der Waals surface area contributed by atoms with E-state index in [2.05, 4.69) is 25.3 Å². The molecular formula is C17H20N4O4. The average Bonchev–Trinajstić information content (AvgIpc) is 2.57. The summed E-state index contributed by atoms with van der Waals surface area (Å²) in [6.45, 7) is 1.40. The Morgan fingerprint density at radius 2 is 1.56 bits per heavy atom. The van der Waals surface area contributed by atoms with Crippen LogP contribution in [0.15, 0.2) is 24.3 Å². The van der Waals surface area contributed by atoms with Crippen LogP contribution in [0.5, 0.6) is 0 Å². The van der Waals surface area contributed by atoms with E-state index in [1.54, 1.807) is 24.3 Å². The Morgan fingerprint density at radius 3 is 2.16 bits per heavy atom. The summed E-state index contributed by atoms with van der Waals surface area (Å²) in [6, 6.07) is 6.96. The number of esters is 1. The third-order valence-corrected chi connectivity index (χ3v) is 3.39. The van der Waals surface area contributed by atoms with Gasteiger partial charge < -0.3 is 15.4 Å². The maximum Gasteiger partial charge on any atom is 0.305 e. The van der Waals surface area contributed by atoms with Crippen LogP contribution in [0.2, 0.25) is 0 Å². The minimum atomic E-state index is -0.280. The molecule has 8 heteroatoms. The molecule has 0 aromatic carbocycles. The summed E-state index contributed by atoms with van der Waals surface area (Å²) in [6.07, 6.45) is 1.76. The number of rotatable bonds is 7. The summed E-state index contributed by atoms with van der Waals surface area (Å²) >= 11 is 0. The fraction of sp³-hybridized carbons (Fsp3) is 0.353. The van der Waals surface area contributed by atoms with E-state index in [-0.39, 0.29) is 24.2 Å². The van der Waals surface area contributed by atoms with Gasteiger partial charge in [0.1, 0.15) is 11.6 Å². The lowest BCUT2D eigenvalue weighted by molar-refractivity contribution is -0.140. The molecule has 8 nitrogen and oxygen atoms in total. The molecule has 0 aliphatic carbocycles. The molecule has 2 N–H and O–H groups in total. The largest absolute Gasteiger partial charge is 0.469 e. The monoisotopic (exact) mass is 344 g/mol. The van der Waals surface area contributed by atoms with Crippen LogP contribution in [0.4, 0.5) is 11.6 Å². The summed E-state index contributed by atoms with van der Waals surface area (Å²) in [4.78, 5) is 42.5. The first-order valence-corrected chi connectivity index (χ1v) is 7.90. The van der Waals surface area contributed by atoms with Gasteiger partial charge in [-0.25, -0.2) is 9.97 Å². The molecule has 2 amide bonds. The summed E-state index contributed by atoms with van der Waals surface area (Å²) in [5, 5.41) is 6.09. The first kappa shape index (κ1) is 18.3. The fourth-order valence-electron chi connectivity index (χ4n) is 2.18. The highest BCUT2D eigenvalue weighted by Gasteiger charge is 2.07. The Bertz CT molecular complexity index is 791. The molecule has 0 spiro atoms. The number of methoxy groups -OCH3 is 1. The Labute approximate surface area is 145 Å². The predicted molar refractivity (Wildman–Crippen MR) is 93.0 cm³/mol. The molecule has 0 aliphatic heterocycles. The predicted octanol–water partition coefficient (Wildman–Crippen LogP) is 2.26. The number of hydrogen-bond donors (Lipinski definition) is 2. The van der Waals surface area contributed by atoms with Gasteiger partial charge in [-0.15, -0.1) is 0 Å². The van der Waals surface area contributed by atoms with E-state index < -0.39 is 0 Å². The molecule has 25 heavy (non-hydrogen) atoms. The average molecular weight is 344 g/mol. The van der Waals surface area contributed by atoms with Crippen LogP contribution >= 0.6 is 0 Å². The number of nitrogens with zero attached hydrogens (tertiary/aromatic N) is 2. The van der Waals surface area contributed by atoms with Crippen LogP contribution in [0, 0.1) is 0 Å². The Kier molecular flexibility index (Phi) is 6.39. The van der Waals surface area contributed by atoms with Gasteiger partial charge in [-0.1, -0.05) is 0 Å². The van der Waals surface area contributed by atoms with Crippen LogP contribution in [0.25, 0.3) is 11.0 Å². The first-order chi connectivity index (χ1) is 12.0. The van der Waals surface area contributed by atoms with Crippen molar-refractivity contribution < 1.29 is 19.1 Å². The molecule has 0 unspecified atom stereocenters. The van der Waals surface area contributed by atoms with Gasteiger partial charge in [-0.3, -0.25) is 14.4 Å². The maximum atomic E-state index is 11.9. The van der Waals surface area contributed by atoms with Crippen LogP contribution in [-0.2, 0) is 19.1 Å². The smallest absolute Gasteiger partial charge is 0.305 e. The molecule has 2 rings (SSSR count). The van der Waals surface area contributed by atoms with Gasteiger partial charge in [0.25, 0.3) is 0 Å². The summed E-state index contributed by atoms with van der Waals surface area (Å²) in [7, 11) is 1.34. The number of hydrogen-bond acceptors (Lipinski definition) is 6. The molecule has 0 bridgehead atoms. The number of carbonyl (C=O) groups is 3. The van der Waals surface area contributed by atoms with Gasteiger partial charge >= 0.3 is 5.97 Å². The number of nitrogens with one attached hydrogen (secondary N) is 2. The Morgan fingerprint density at radius 1 is 0.960 bits per heavy atom. The van der Waals surface area contributed by atoms with E-state index in [9.17, 15) is 14.4 Å². The second kappa shape index (κ2) is 8.72. The third-order valence-electron chi connectivity index (χ3n) is 3.39. The van der Waals surface area contributed by atoms with Crippen molar-refractivity contribution in [3.63, 3.8) is 0 Å². The van der Waals surface area contributed by atoms with Gasteiger partial charge in [-0.05, 0) is 37.1 Å². The molecule has 0 saturated heterocycles. The van der Waals surface area contributed by atoms with Gasteiger partial charge in [0, 0.05) is 25.2 Å². The number of carbonyl (C=O) groups excluding carboxylic acids is 3. The van der Waals surface area contributed by atoms with E-state index in [0.29, 0.717) is 36.5 Å². The van der Waals surface area contributed by atoms with E-state index >= 15 is 0 Å². The lowest BCUT2D eigenvalue weighted by atomic mass is 10.2. The second-order valence-corrected chi connectivity index (χ2v) is 5.45. The highest BCUT2D eigenvalue weighted by Crippen LogP contribution is 2.16. The van der Waals surface area contributed by atoms with Crippen LogP contribution < -0.4 is 10.6 Å². The second-order valence-electron chi connectivity index (χ2n) is 5.45. The molecule has 132 valence electrons. The van der Waals surface area contributed by atoms with Crippen molar-refractivity contribution in [1.29, 1.82) is 0 Å². The van der Waals surface area contributed by atoms with Gasteiger partial charge in [0.15, 0.2) is 5.65 Å². The first-order valence-electron chi connectivity index (χ1n) is 7.90. The van der Waals surface area contributed by atoms with Crippen molar-refractivity contribution in [3.05, 3.63) is 24.3 Å². The zero-order chi connectivity index (χ0) is 18.2. The maximum absolute atomic E-state index is 11.9. The Balaban J connectivity index is 1.94. The van der Waals surface area contributed by atoms with Crippen molar-refractivity contribution in [3.8, 4) is 0 Å². The molecule has 0 atom stereocenters. The SMILES string of the molecule is COC(=O)CCCCC(=O)Nc1ccc2ccc(NC(C)=O)nc2n1. The van der Waals surface area contributed by atoms with Crippen LogP contribution in [0.3, 0.4) is 0 Å². The molecule has 2 aromatic rings. The zero-order valence-electron chi connectivity index (χ0n) is 14.2. The highest BCUT2D eigenvalue weighted by molar-refractivity contribution is 5.92. The number of fused-ring (bicyclic) bond motifs is 1. The van der Waals surface area contributed by atoms with Crippen LogP contribution in [-0.4, -0.2) is 34.9 Å². The lowest BCUT2D eigenvalue weighted by Gasteiger charge is -2.07. The van der Waals surface area contributed by atoms with E-state index in [1.807, 2.05) is 0 Å². The number of pyridine rings is 2. The topological polar surface area (TPSA) is 110 Å². The lowest BCUT2D eigenvalue weighted by Crippen LogP contribution is -2.13. The van der Waals surface area contributed by atoms with Crippen molar-refractivity contribution >= 4 is 40.5 Å². The molecule has 0 aliphatic rings. The number of unbranched alkanes of at least 4 members (excludes halogenated alkanes) is 1. The standard InChI is InChI=1S/C17H20N4O4/c1-11(22)18-13-9-7-12-8-10-14(21-17(12)20-13)19-15(23)5-3-4-6-16(24)25-2/h7-10H,3-6H2,1-2H3,(H2,18,19,20,21,22,23).